The molecule has 1 aliphatic rings. The summed E-state index contributed by atoms with van der Waals surface area (Å²) in [4.78, 5) is 0. The van der Waals surface area contributed by atoms with E-state index in [4.69, 9.17) is 0 Å². The van der Waals surface area contributed by atoms with Crippen LogP contribution in [0.2, 0.25) is 0 Å². The van der Waals surface area contributed by atoms with Gasteiger partial charge in [0.2, 0.25) is 0 Å². The summed E-state index contributed by atoms with van der Waals surface area (Å²) in [5.41, 5.74) is 4.44. The molecule has 0 bridgehead atoms. The van der Waals surface area contributed by atoms with Crippen LogP contribution in [0.4, 0.5) is 0 Å². The van der Waals surface area contributed by atoms with E-state index in [1.165, 1.54) is 16.7 Å². The van der Waals surface area contributed by atoms with Gasteiger partial charge in [-0.2, -0.15) is 0 Å². The van der Waals surface area contributed by atoms with Crippen LogP contribution in [0.3, 0.4) is 0 Å². The summed E-state index contributed by atoms with van der Waals surface area (Å²) < 4.78 is 0. The zero-order valence-corrected chi connectivity index (χ0v) is 9.59. The molecule has 0 spiro atoms. The van der Waals surface area contributed by atoms with Gasteiger partial charge in [-0.3, -0.25) is 0 Å². The van der Waals surface area contributed by atoms with Gasteiger partial charge in [0.15, 0.2) is 0 Å². The summed E-state index contributed by atoms with van der Waals surface area (Å²) in [5.74, 6) is 0.608. The zero-order chi connectivity index (χ0) is 10.7. The minimum absolute atomic E-state index is 0.608. The molecule has 1 aliphatic heterocycles. The lowest BCUT2D eigenvalue weighted by atomic mass is 9.90. The van der Waals surface area contributed by atoms with E-state index < -0.39 is 0 Å². The van der Waals surface area contributed by atoms with Crippen LogP contribution in [0.1, 0.15) is 37.3 Å². The van der Waals surface area contributed by atoms with Crippen LogP contribution in [0.5, 0.6) is 0 Å². The van der Waals surface area contributed by atoms with Gasteiger partial charge in [-0.05, 0) is 35.6 Å². The van der Waals surface area contributed by atoms with E-state index in [9.17, 15) is 0 Å². The molecule has 0 radical (unpaired) electrons. The first-order chi connectivity index (χ1) is 7.29. The molecular formula is C14H19N. The van der Waals surface area contributed by atoms with Crippen LogP contribution in [0.25, 0.3) is 5.57 Å². The SMILES string of the molecule is CC(C)c1ccccc1C1=CCNCC1. The maximum atomic E-state index is 3.36. The first-order valence-electron chi connectivity index (χ1n) is 5.78. The summed E-state index contributed by atoms with van der Waals surface area (Å²) >= 11 is 0. The van der Waals surface area contributed by atoms with Gasteiger partial charge >= 0.3 is 0 Å². The minimum Gasteiger partial charge on any atom is -0.313 e. The lowest BCUT2D eigenvalue weighted by Crippen LogP contribution is -2.20. The van der Waals surface area contributed by atoms with Gasteiger partial charge < -0.3 is 5.32 Å². The van der Waals surface area contributed by atoms with E-state index >= 15 is 0 Å². The lowest BCUT2D eigenvalue weighted by Gasteiger charge is -2.19. The Morgan fingerprint density at radius 3 is 2.67 bits per heavy atom. The van der Waals surface area contributed by atoms with Crippen molar-refractivity contribution in [1.82, 2.24) is 5.32 Å². The predicted molar refractivity (Wildman–Crippen MR) is 66.0 cm³/mol. The molecule has 0 saturated carbocycles. The maximum Gasteiger partial charge on any atom is 0.0140 e. The van der Waals surface area contributed by atoms with E-state index in [2.05, 4.69) is 49.5 Å². The second-order valence-electron chi connectivity index (χ2n) is 4.43. The largest absolute Gasteiger partial charge is 0.313 e. The predicted octanol–water partition coefficient (Wildman–Crippen LogP) is 3.19. The van der Waals surface area contributed by atoms with Crippen molar-refractivity contribution < 1.29 is 0 Å². The molecule has 0 amide bonds. The van der Waals surface area contributed by atoms with Crippen molar-refractivity contribution in [3.05, 3.63) is 41.5 Å². The average molecular weight is 201 g/mol. The van der Waals surface area contributed by atoms with Crippen molar-refractivity contribution in [3.63, 3.8) is 0 Å². The third kappa shape index (κ3) is 2.29. The number of hydrogen-bond donors (Lipinski definition) is 1. The van der Waals surface area contributed by atoms with Gasteiger partial charge in [0.1, 0.15) is 0 Å². The topological polar surface area (TPSA) is 12.0 Å². The third-order valence-corrected chi connectivity index (χ3v) is 2.99. The van der Waals surface area contributed by atoms with Gasteiger partial charge in [-0.15, -0.1) is 0 Å². The van der Waals surface area contributed by atoms with Crippen molar-refractivity contribution in [3.8, 4) is 0 Å². The fraction of sp³-hybridized carbons (Fsp3) is 0.429. The molecule has 1 aromatic carbocycles. The molecule has 0 unspecified atom stereocenters. The summed E-state index contributed by atoms with van der Waals surface area (Å²) in [7, 11) is 0. The molecule has 0 aromatic heterocycles. The highest BCUT2D eigenvalue weighted by Gasteiger charge is 2.11. The monoisotopic (exact) mass is 201 g/mol. The van der Waals surface area contributed by atoms with Crippen molar-refractivity contribution >= 4 is 5.57 Å². The standard InChI is InChI=1S/C14H19N/c1-11(2)13-5-3-4-6-14(13)12-7-9-15-10-8-12/h3-7,11,15H,8-10H2,1-2H3. The normalized spacial score (nSPS) is 16.6. The Balaban J connectivity index is 2.38. The minimum atomic E-state index is 0.608. The molecule has 1 heterocycles. The highest BCUT2D eigenvalue weighted by Crippen LogP contribution is 2.28. The molecule has 1 N–H and O–H groups in total. The summed E-state index contributed by atoms with van der Waals surface area (Å²) in [6.07, 6.45) is 3.48. The molecule has 0 saturated heterocycles. The zero-order valence-electron chi connectivity index (χ0n) is 9.59. The number of rotatable bonds is 2. The Morgan fingerprint density at radius 1 is 1.20 bits per heavy atom. The second kappa shape index (κ2) is 4.63. The van der Waals surface area contributed by atoms with Gasteiger partial charge in [0, 0.05) is 6.54 Å². The highest BCUT2D eigenvalue weighted by molar-refractivity contribution is 5.69. The van der Waals surface area contributed by atoms with Gasteiger partial charge in [-0.25, -0.2) is 0 Å². The fourth-order valence-electron chi connectivity index (χ4n) is 2.16. The fourth-order valence-corrected chi connectivity index (χ4v) is 2.16. The Kier molecular flexibility index (Phi) is 3.22. The molecule has 1 heteroatoms. The van der Waals surface area contributed by atoms with Gasteiger partial charge in [0.05, 0.1) is 0 Å². The summed E-state index contributed by atoms with van der Waals surface area (Å²) in [6.45, 7) is 6.65. The van der Waals surface area contributed by atoms with Crippen molar-refractivity contribution in [2.45, 2.75) is 26.2 Å². The highest BCUT2D eigenvalue weighted by atomic mass is 14.8. The Morgan fingerprint density at radius 2 is 2.00 bits per heavy atom. The number of hydrogen-bond acceptors (Lipinski definition) is 1. The van der Waals surface area contributed by atoms with Gasteiger partial charge in [-0.1, -0.05) is 44.2 Å². The van der Waals surface area contributed by atoms with E-state index in [1.54, 1.807) is 0 Å². The maximum absolute atomic E-state index is 3.36. The van der Waals surface area contributed by atoms with Crippen LogP contribution in [-0.4, -0.2) is 13.1 Å². The van der Waals surface area contributed by atoms with E-state index in [0.717, 1.165) is 19.5 Å². The molecule has 0 aliphatic carbocycles. The average Bonchev–Trinajstić information content (AvgIpc) is 2.30. The van der Waals surface area contributed by atoms with Crippen LogP contribution < -0.4 is 5.32 Å². The van der Waals surface area contributed by atoms with Crippen LogP contribution >= 0.6 is 0 Å². The Labute approximate surface area is 92.2 Å². The van der Waals surface area contributed by atoms with Crippen LogP contribution in [0, 0.1) is 0 Å². The number of nitrogens with one attached hydrogen (secondary N) is 1. The second-order valence-corrected chi connectivity index (χ2v) is 4.43. The smallest absolute Gasteiger partial charge is 0.0140 e. The molecule has 80 valence electrons. The molecule has 1 aromatic rings. The van der Waals surface area contributed by atoms with E-state index in [0.29, 0.717) is 5.92 Å². The third-order valence-electron chi connectivity index (χ3n) is 2.99. The van der Waals surface area contributed by atoms with Crippen molar-refractivity contribution in [1.29, 1.82) is 0 Å². The quantitative estimate of drug-likeness (QED) is 0.775. The van der Waals surface area contributed by atoms with Gasteiger partial charge in [0.25, 0.3) is 0 Å². The molecule has 1 nitrogen and oxygen atoms in total. The van der Waals surface area contributed by atoms with E-state index in [-0.39, 0.29) is 0 Å². The van der Waals surface area contributed by atoms with Crippen LogP contribution in [-0.2, 0) is 0 Å². The Bertz CT molecular complexity index is 363. The molecular weight excluding hydrogens is 182 g/mol. The van der Waals surface area contributed by atoms with Crippen LogP contribution in [0.15, 0.2) is 30.3 Å². The van der Waals surface area contributed by atoms with E-state index in [1.807, 2.05) is 0 Å². The molecule has 0 atom stereocenters. The molecule has 0 fully saturated rings. The van der Waals surface area contributed by atoms with Crippen molar-refractivity contribution in [2.75, 3.05) is 13.1 Å². The summed E-state index contributed by atoms with van der Waals surface area (Å²) in [6, 6.07) is 8.79. The first kappa shape index (κ1) is 10.4. The number of benzene rings is 1. The van der Waals surface area contributed by atoms with Crippen molar-refractivity contribution in [2.24, 2.45) is 0 Å². The molecule has 15 heavy (non-hydrogen) atoms. The molecule has 2 rings (SSSR count). The Hall–Kier alpha value is -1.08. The lowest BCUT2D eigenvalue weighted by molar-refractivity contribution is 0.736. The summed E-state index contributed by atoms with van der Waals surface area (Å²) in [5, 5.41) is 3.36. The first-order valence-corrected chi connectivity index (χ1v) is 5.78.